The summed E-state index contributed by atoms with van der Waals surface area (Å²) in [6, 6.07) is 10.9. The highest BCUT2D eigenvalue weighted by Gasteiger charge is 2.37. The van der Waals surface area contributed by atoms with Gasteiger partial charge in [-0.25, -0.2) is 10.1 Å². The van der Waals surface area contributed by atoms with Crippen molar-refractivity contribution in [2.75, 3.05) is 13.7 Å². The van der Waals surface area contributed by atoms with Gasteiger partial charge in [0.2, 0.25) is 6.29 Å². The van der Waals surface area contributed by atoms with Gasteiger partial charge in [-0.2, -0.15) is 0 Å². The molecule has 0 saturated carbocycles. The number of benzene rings is 2. The van der Waals surface area contributed by atoms with E-state index in [4.69, 9.17) is 9.99 Å². The van der Waals surface area contributed by atoms with Crippen LogP contribution in [-0.2, 0) is 9.62 Å². The number of hydrogen-bond acceptors (Lipinski definition) is 5. The molecular formula is C15H13NO5. The number of amides is 2. The van der Waals surface area contributed by atoms with Crippen molar-refractivity contribution in [2.24, 2.45) is 0 Å². The van der Waals surface area contributed by atoms with Crippen LogP contribution in [0.25, 0.3) is 10.8 Å². The highest BCUT2D eigenvalue weighted by molar-refractivity contribution is 6.23. The van der Waals surface area contributed by atoms with Gasteiger partial charge in [-0.05, 0) is 22.9 Å². The van der Waals surface area contributed by atoms with Crippen LogP contribution in [0.2, 0.25) is 0 Å². The van der Waals surface area contributed by atoms with E-state index in [9.17, 15) is 9.59 Å². The van der Waals surface area contributed by atoms with E-state index < -0.39 is 18.1 Å². The highest BCUT2D eigenvalue weighted by atomic mass is 17.1. The Bertz CT molecular complexity index is 669. The number of methoxy groups -OCH3 is 1. The summed E-state index contributed by atoms with van der Waals surface area (Å²) in [7, 11) is 1.31. The number of fused-ring (bicyclic) bond motifs is 2. The molecule has 1 aliphatic rings. The zero-order valence-electron chi connectivity index (χ0n) is 11.3. The van der Waals surface area contributed by atoms with Crippen LogP contribution in [0.5, 0.6) is 0 Å². The summed E-state index contributed by atoms with van der Waals surface area (Å²) in [4.78, 5) is 29.7. The van der Waals surface area contributed by atoms with E-state index in [2.05, 4.69) is 4.89 Å². The lowest BCUT2D eigenvalue weighted by molar-refractivity contribution is -0.340. The Hall–Kier alpha value is -2.28. The van der Waals surface area contributed by atoms with E-state index in [-0.39, 0.29) is 6.54 Å². The Morgan fingerprint density at radius 1 is 1.10 bits per heavy atom. The number of imide groups is 1. The fourth-order valence-electron chi connectivity index (χ4n) is 2.44. The first kappa shape index (κ1) is 13.7. The van der Waals surface area contributed by atoms with Crippen molar-refractivity contribution in [2.45, 2.75) is 6.29 Å². The third-order valence-electron chi connectivity index (χ3n) is 3.55. The molecule has 6 heteroatoms. The molecule has 0 fully saturated rings. The smallest absolute Gasteiger partial charge is 0.261 e. The summed E-state index contributed by atoms with van der Waals surface area (Å²) in [5.74, 6) is -0.834. The van der Waals surface area contributed by atoms with Crippen molar-refractivity contribution >= 4 is 22.6 Å². The lowest BCUT2D eigenvalue weighted by Crippen LogP contribution is -2.38. The Balaban J connectivity index is 2.01. The van der Waals surface area contributed by atoms with Crippen molar-refractivity contribution in [3.05, 3.63) is 47.5 Å². The second-order valence-electron chi connectivity index (χ2n) is 4.74. The Morgan fingerprint density at radius 3 is 2.05 bits per heavy atom. The molecule has 1 N–H and O–H groups in total. The maximum Gasteiger partial charge on any atom is 0.261 e. The van der Waals surface area contributed by atoms with Gasteiger partial charge in [-0.3, -0.25) is 14.5 Å². The van der Waals surface area contributed by atoms with Crippen LogP contribution in [-0.4, -0.2) is 41.9 Å². The Kier molecular flexibility index (Phi) is 3.42. The molecule has 0 aliphatic carbocycles. The third-order valence-corrected chi connectivity index (χ3v) is 3.55. The normalized spacial score (nSPS) is 15.6. The molecule has 1 heterocycles. The van der Waals surface area contributed by atoms with Crippen LogP contribution in [0.15, 0.2) is 36.4 Å². The number of carbonyl (C=O) groups is 2. The van der Waals surface area contributed by atoms with Crippen molar-refractivity contribution in [1.29, 1.82) is 0 Å². The molecule has 0 bridgehead atoms. The van der Waals surface area contributed by atoms with E-state index in [1.165, 1.54) is 7.11 Å². The molecule has 2 amide bonds. The van der Waals surface area contributed by atoms with Gasteiger partial charge in [-0.1, -0.05) is 24.3 Å². The molecule has 3 rings (SSSR count). The van der Waals surface area contributed by atoms with Gasteiger partial charge in [0.15, 0.2) is 0 Å². The summed E-state index contributed by atoms with van der Waals surface area (Å²) in [6.45, 7) is -0.171. The summed E-state index contributed by atoms with van der Waals surface area (Å²) in [5, 5.41) is 10.4. The maximum absolute atomic E-state index is 12.3. The minimum Gasteiger partial charge on any atom is -0.352 e. The van der Waals surface area contributed by atoms with E-state index in [0.29, 0.717) is 11.1 Å². The minimum absolute atomic E-state index is 0.171. The predicted molar refractivity (Wildman–Crippen MR) is 73.8 cm³/mol. The van der Waals surface area contributed by atoms with Crippen LogP contribution in [0.4, 0.5) is 0 Å². The van der Waals surface area contributed by atoms with Crippen LogP contribution in [0.1, 0.15) is 20.7 Å². The standard InChI is InChI=1S/C15H13NO5/c1-20-13(21-19)8-16-14(17)11-6-9-4-2-3-5-10(9)7-12(11)15(16)18/h2-7,13,19H,8H2,1H3. The lowest BCUT2D eigenvalue weighted by atomic mass is 10.0. The van der Waals surface area contributed by atoms with Gasteiger partial charge < -0.3 is 4.74 Å². The third kappa shape index (κ3) is 2.19. The molecule has 0 saturated heterocycles. The zero-order valence-corrected chi connectivity index (χ0v) is 11.3. The van der Waals surface area contributed by atoms with Gasteiger partial charge in [0.05, 0.1) is 17.7 Å². The van der Waals surface area contributed by atoms with Crippen LogP contribution in [0, 0.1) is 0 Å². The number of rotatable bonds is 4. The first-order valence-corrected chi connectivity index (χ1v) is 6.37. The number of nitrogens with zero attached hydrogens (tertiary/aromatic N) is 1. The lowest BCUT2D eigenvalue weighted by Gasteiger charge is -2.18. The topological polar surface area (TPSA) is 76.1 Å². The van der Waals surface area contributed by atoms with Gasteiger partial charge in [-0.15, -0.1) is 0 Å². The monoisotopic (exact) mass is 287 g/mol. The molecule has 1 unspecified atom stereocenters. The van der Waals surface area contributed by atoms with Crippen molar-refractivity contribution in [3.63, 3.8) is 0 Å². The molecule has 6 nitrogen and oxygen atoms in total. The second-order valence-corrected chi connectivity index (χ2v) is 4.74. The highest BCUT2D eigenvalue weighted by Crippen LogP contribution is 2.28. The van der Waals surface area contributed by atoms with Crippen LogP contribution in [0.3, 0.4) is 0 Å². The molecule has 0 radical (unpaired) electrons. The first-order chi connectivity index (χ1) is 10.2. The summed E-state index contributed by atoms with van der Waals surface area (Å²) < 4.78 is 4.82. The van der Waals surface area contributed by atoms with E-state index >= 15 is 0 Å². The van der Waals surface area contributed by atoms with E-state index in [1.54, 1.807) is 12.1 Å². The maximum atomic E-state index is 12.3. The van der Waals surface area contributed by atoms with E-state index in [0.717, 1.165) is 15.7 Å². The SMILES string of the molecule is COC(CN1C(=O)c2cc3ccccc3cc2C1=O)OO. The molecule has 21 heavy (non-hydrogen) atoms. The van der Waals surface area contributed by atoms with E-state index in [1.807, 2.05) is 24.3 Å². The predicted octanol–water partition coefficient (Wildman–Crippen LogP) is 1.90. The average molecular weight is 287 g/mol. The second kappa shape index (κ2) is 5.25. The first-order valence-electron chi connectivity index (χ1n) is 6.37. The van der Waals surface area contributed by atoms with Crippen LogP contribution >= 0.6 is 0 Å². The average Bonchev–Trinajstić information content (AvgIpc) is 2.74. The summed E-state index contributed by atoms with van der Waals surface area (Å²) in [5.41, 5.74) is 0.706. The molecule has 2 aromatic carbocycles. The molecule has 1 aliphatic heterocycles. The molecular weight excluding hydrogens is 274 g/mol. The Morgan fingerprint density at radius 2 is 1.62 bits per heavy atom. The largest absolute Gasteiger partial charge is 0.352 e. The van der Waals surface area contributed by atoms with Gasteiger partial charge >= 0.3 is 0 Å². The van der Waals surface area contributed by atoms with Crippen molar-refractivity contribution < 1.29 is 24.5 Å². The molecule has 1 atom stereocenters. The van der Waals surface area contributed by atoms with Gasteiger partial charge in [0, 0.05) is 7.11 Å². The summed E-state index contributed by atoms with van der Waals surface area (Å²) >= 11 is 0. The summed E-state index contributed by atoms with van der Waals surface area (Å²) in [6.07, 6.45) is -1.07. The van der Waals surface area contributed by atoms with Crippen molar-refractivity contribution in [1.82, 2.24) is 4.90 Å². The fraction of sp³-hybridized carbons (Fsp3) is 0.200. The minimum atomic E-state index is -1.07. The zero-order chi connectivity index (χ0) is 15.0. The number of carbonyl (C=O) groups excluding carboxylic acids is 2. The molecule has 0 spiro atoms. The fourth-order valence-corrected chi connectivity index (χ4v) is 2.44. The molecule has 0 aromatic heterocycles. The molecule has 2 aromatic rings. The quantitative estimate of drug-likeness (QED) is 0.402. The van der Waals surface area contributed by atoms with Crippen molar-refractivity contribution in [3.8, 4) is 0 Å². The number of hydrogen-bond donors (Lipinski definition) is 1. The molecule has 108 valence electrons. The van der Waals surface area contributed by atoms with Gasteiger partial charge in [0.1, 0.15) is 0 Å². The van der Waals surface area contributed by atoms with Crippen LogP contribution < -0.4 is 0 Å². The Labute approximate surface area is 120 Å². The van der Waals surface area contributed by atoms with Gasteiger partial charge in [0.25, 0.3) is 11.8 Å². The number of ether oxygens (including phenoxy) is 1.